The van der Waals surface area contributed by atoms with E-state index >= 15 is 0 Å². The minimum atomic E-state index is -4.55. The van der Waals surface area contributed by atoms with Crippen molar-refractivity contribution in [3.8, 4) is 11.5 Å². The number of methoxy groups -OCH3 is 2. The van der Waals surface area contributed by atoms with Crippen molar-refractivity contribution in [1.82, 2.24) is 9.78 Å². The Kier molecular flexibility index (Phi) is 5.92. The van der Waals surface area contributed by atoms with Gasteiger partial charge in [-0.05, 0) is 36.8 Å². The zero-order valence-corrected chi connectivity index (χ0v) is 18.2. The number of alkyl halides is 3. The zero-order chi connectivity index (χ0) is 23.8. The molecule has 0 saturated carbocycles. The van der Waals surface area contributed by atoms with E-state index in [4.69, 9.17) is 9.47 Å². The molecule has 1 aromatic heterocycles. The molecule has 0 radical (unpaired) electrons. The SMILES string of the molecule is COc1ccc([C@H]2C[C@@H](C(F)(F)F)n3nc(C(=O)Nc4ccc(C)cc4)cc3N2)cc1OC. The highest BCUT2D eigenvalue weighted by molar-refractivity contribution is 6.03. The zero-order valence-electron chi connectivity index (χ0n) is 18.2. The van der Waals surface area contributed by atoms with Crippen molar-refractivity contribution in [3.63, 3.8) is 0 Å². The highest BCUT2D eigenvalue weighted by atomic mass is 19.4. The molecular formula is C23H23F3N4O3. The van der Waals surface area contributed by atoms with E-state index in [-0.39, 0.29) is 17.9 Å². The molecule has 0 spiro atoms. The number of aryl methyl sites for hydroxylation is 1. The van der Waals surface area contributed by atoms with Gasteiger partial charge < -0.3 is 20.1 Å². The van der Waals surface area contributed by atoms with Gasteiger partial charge in [0.15, 0.2) is 23.2 Å². The molecule has 2 heterocycles. The van der Waals surface area contributed by atoms with Crippen LogP contribution in [0.5, 0.6) is 11.5 Å². The number of hydrogen-bond donors (Lipinski definition) is 2. The number of fused-ring (bicyclic) bond motifs is 1. The average Bonchev–Trinajstić information content (AvgIpc) is 3.23. The fourth-order valence-corrected chi connectivity index (χ4v) is 3.80. The van der Waals surface area contributed by atoms with E-state index in [1.807, 2.05) is 19.1 Å². The molecule has 0 aliphatic carbocycles. The Hall–Kier alpha value is -3.69. The number of anilines is 2. The first-order valence-corrected chi connectivity index (χ1v) is 10.2. The molecule has 2 N–H and O–H groups in total. The van der Waals surface area contributed by atoms with E-state index in [1.165, 1.54) is 20.3 Å². The summed E-state index contributed by atoms with van der Waals surface area (Å²) in [5.74, 6) is 0.408. The van der Waals surface area contributed by atoms with Gasteiger partial charge in [-0.15, -0.1) is 0 Å². The lowest BCUT2D eigenvalue weighted by atomic mass is 9.96. The standard InChI is InChI=1S/C23H23F3N4O3/c1-13-4-7-15(8-5-13)27-22(31)17-12-21-28-16(11-20(23(24,25)26)30(21)29-17)14-6-9-18(32-2)19(10-14)33-3/h4-10,12,16,20,28H,11H2,1-3H3,(H,27,31)/t16-,20+/m1/s1. The van der Waals surface area contributed by atoms with Crippen molar-refractivity contribution in [2.24, 2.45) is 0 Å². The molecule has 7 nitrogen and oxygen atoms in total. The van der Waals surface area contributed by atoms with E-state index < -0.39 is 24.2 Å². The summed E-state index contributed by atoms with van der Waals surface area (Å²) in [7, 11) is 2.94. The number of rotatable bonds is 5. The second-order valence-corrected chi connectivity index (χ2v) is 7.78. The minimum absolute atomic E-state index is 0.109. The molecule has 0 fully saturated rings. The highest BCUT2D eigenvalue weighted by Crippen LogP contribution is 2.44. The summed E-state index contributed by atoms with van der Waals surface area (Å²) in [5.41, 5.74) is 2.03. The first-order valence-electron chi connectivity index (χ1n) is 10.2. The Labute approximate surface area is 188 Å². The molecule has 10 heteroatoms. The molecule has 2 aromatic carbocycles. The predicted molar refractivity (Wildman–Crippen MR) is 117 cm³/mol. The van der Waals surface area contributed by atoms with Gasteiger partial charge in [0, 0.05) is 18.2 Å². The third-order valence-corrected chi connectivity index (χ3v) is 5.54. The van der Waals surface area contributed by atoms with Gasteiger partial charge in [0.25, 0.3) is 5.91 Å². The fraction of sp³-hybridized carbons (Fsp3) is 0.304. The average molecular weight is 460 g/mol. The van der Waals surface area contributed by atoms with Gasteiger partial charge in [-0.3, -0.25) is 4.79 Å². The summed E-state index contributed by atoms with van der Waals surface area (Å²) in [6.07, 6.45) is -4.85. The van der Waals surface area contributed by atoms with Crippen LogP contribution < -0.4 is 20.1 Å². The maximum absolute atomic E-state index is 13.9. The van der Waals surface area contributed by atoms with Crippen LogP contribution in [0.1, 0.15) is 40.1 Å². The van der Waals surface area contributed by atoms with Crippen molar-refractivity contribution >= 4 is 17.4 Å². The van der Waals surface area contributed by atoms with Gasteiger partial charge in [0.05, 0.1) is 20.3 Å². The largest absolute Gasteiger partial charge is 0.493 e. The van der Waals surface area contributed by atoms with Crippen molar-refractivity contribution < 1.29 is 27.4 Å². The topological polar surface area (TPSA) is 77.4 Å². The van der Waals surface area contributed by atoms with Crippen LogP contribution in [0.3, 0.4) is 0 Å². The van der Waals surface area contributed by atoms with Gasteiger partial charge in [-0.1, -0.05) is 23.8 Å². The predicted octanol–water partition coefficient (Wildman–Crippen LogP) is 5.12. The number of nitrogens with zero attached hydrogens (tertiary/aromatic N) is 2. The molecule has 0 unspecified atom stereocenters. The molecule has 174 valence electrons. The molecule has 3 aromatic rings. The normalized spacial score (nSPS) is 17.6. The summed E-state index contributed by atoms with van der Waals surface area (Å²) in [4.78, 5) is 12.7. The van der Waals surface area contributed by atoms with Crippen LogP contribution in [-0.4, -0.2) is 36.1 Å². The second kappa shape index (κ2) is 8.68. The number of benzene rings is 2. The van der Waals surface area contributed by atoms with Gasteiger partial charge >= 0.3 is 6.18 Å². The third-order valence-electron chi connectivity index (χ3n) is 5.54. The fourth-order valence-electron chi connectivity index (χ4n) is 3.80. The summed E-state index contributed by atoms with van der Waals surface area (Å²) in [6.45, 7) is 1.91. The number of hydrogen-bond acceptors (Lipinski definition) is 5. The van der Waals surface area contributed by atoms with Crippen LogP contribution in [-0.2, 0) is 0 Å². The number of nitrogens with one attached hydrogen (secondary N) is 2. The van der Waals surface area contributed by atoms with E-state index in [9.17, 15) is 18.0 Å². The van der Waals surface area contributed by atoms with Crippen molar-refractivity contribution in [1.29, 1.82) is 0 Å². The van der Waals surface area contributed by atoms with Crippen LogP contribution in [0, 0.1) is 6.92 Å². The first-order chi connectivity index (χ1) is 15.7. The Morgan fingerprint density at radius 1 is 1.09 bits per heavy atom. The Bertz CT molecular complexity index is 1160. The number of ether oxygens (including phenoxy) is 2. The van der Waals surface area contributed by atoms with Crippen LogP contribution in [0.15, 0.2) is 48.5 Å². The second-order valence-electron chi connectivity index (χ2n) is 7.78. The van der Waals surface area contributed by atoms with Crippen LogP contribution in [0.25, 0.3) is 0 Å². The summed E-state index contributed by atoms with van der Waals surface area (Å²) in [6, 6.07) is 10.8. The van der Waals surface area contributed by atoms with E-state index in [0.717, 1.165) is 10.2 Å². The summed E-state index contributed by atoms with van der Waals surface area (Å²) >= 11 is 0. The lowest BCUT2D eigenvalue weighted by Gasteiger charge is -2.33. The molecule has 4 rings (SSSR count). The molecule has 1 amide bonds. The molecular weight excluding hydrogens is 437 g/mol. The van der Waals surface area contributed by atoms with Crippen molar-refractivity contribution in [2.75, 3.05) is 24.9 Å². The van der Waals surface area contributed by atoms with Gasteiger partial charge in [-0.2, -0.15) is 18.3 Å². The number of carbonyl (C=O) groups excluding carboxylic acids is 1. The Morgan fingerprint density at radius 3 is 2.42 bits per heavy atom. The molecule has 1 aliphatic heterocycles. The van der Waals surface area contributed by atoms with Crippen LogP contribution in [0.4, 0.5) is 24.7 Å². The van der Waals surface area contributed by atoms with Crippen LogP contribution in [0.2, 0.25) is 0 Å². The maximum Gasteiger partial charge on any atom is 0.410 e. The number of carbonyl (C=O) groups is 1. The maximum atomic E-state index is 13.9. The van der Waals surface area contributed by atoms with Crippen molar-refractivity contribution in [3.05, 3.63) is 65.4 Å². The number of aromatic nitrogens is 2. The summed E-state index contributed by atoms with van der Waals surface area (Å²) < 4.78 is 53.1. The van der Waals surface area contributed by atoms with Gasteiger partial charge in [-0.25, -0.2) is 4.68 Å². The number of halogens is 3. The first kappa shape index (κ1) is 22.5. The Morgan fingerprint density at radius 2 is 1.79 bits per heavy atom. The quantitative estimate of drug-likeness (QED) is 0.553. The lowest BCUT2D eigenvalue weighted by Crippen LogP contribution is -2.35. The van der Waals surface area contributed by atoms with E-state index in [2.05, 4.69) is 15.7 Å². The smallest absolute Gasteiger partial charge is 0.410 e. The molecule has 1 aliphatic rings. The van der Waals surface area contributed by atoms with Gasteiger partial charge in [0.2, 0.25) is 0 Å². The monoisotopic (exact) mass is 460 g/mol. The third kappa shape index (κ3) is 4.59. The Balaban J connectivity index is 1.64. The van der Waals surface area contributed by atoms with Crippen molar-refractivity contribution in [2.45, 2.75) is 31.6 Å². The minimum Gasteiger partial charge on any atom is -0.493 e. The van der Waals surface area contributed by atoms with E-state index in [0.29, 0.717) is 22.7 Å². The number of amides is 1. The molecule has 0 saturated heterocycles. The van der Waals surface area contributed by atoms with Gasteiger partial charge in [0.1, 0.15) is 5.82 Å². The van der Waals surface area contributed by atoms with E-state index in [1.54, 1.807) is 30.3 Å². The highest BCUT2D eigenvalue weighted by Gasteiger charge is 2.47. The van der Waals surface area contributed by atoms with Crippen LogP contribution >= 0.6 is 0 Å². The summed E-state index contributed by atoms with van der Waals surface area (Å²) in [5, 5.41) is 9.72. The molecule has 33 heavy (non-hydrogen) atoms. The molecule has 2 atom stereocenters. The molecule has 0 bridgehead atoms. The lowest BCUT2D eigenvalue weighted by molar-refractivity contribution is -0.173.